The summed E-state index contributed by atoms with van der Waals surface area (Å²) in [7, 11) is 0. The molecule has 0 heterocycles. The van der Waals surface area contributed by atoms with Gasteiger partial charge in [-0.2, -0.15) is 0 Å². The normalized spacial score (nSPS) is 26.8. The van der Waals surface area contributed by atoms with Crippen molar-refractivity contribution in [1.29, 1.82) is 0 Å². The molecule has 3 N–H and O–H groups in total. The molecule has 110 valence electrons. The van der Waals surface area contributed by atoms with E-state index in [4.69, 9.17) is 5.73 Å². The van der Waals surface area contributed by atoms with E-state index in [1.807, 2.05) is 18.2 Å². The van der Waals surface area contributed by atoms with Gasteiger partial charge in [0.2, 0.25) is 0 Å². The molecule has 1 aliphatic carbocycles. The van der Waals surface area contributed by atoms with Gasteiger partial charge in [0, 0.05) is 31.0 Å². The van der Waals surface area contributed by atoms with Crippen molar-refractivity contribution in [3.8, 4) is 0 Å². The first kappa shape index (κ1) is 16.2. The van der Waals surface area contributed by atoms with Crippen LogP contribution in [0.15, 0.2) is 22.7 Å². The molecule has 0 spiro atoms. The van der Waals surface area contributed by atoms with Crippen molar-refractivity contribution in [2.24, 2.45) is 16.6 Å². The highest BCUT2D eigenvalue weighted by molar-refractivity contribution is 14.1. The summed E-state index contributed by atoms with van der Waals surface area (Å²) in [5.41, 5.74) is 6.76. The zero-order valence-electron chi connectivity index (χ0n) is 12.1. The van der Waals surface area contributed by atoms with Gasteiger partial charge < -0.3 is 11.1 Å². The summed E-state index contributed by atoms with van der Waals surface area (Å²) in [6.07, 6.45) is 0. The third kappa shape index (κ3) is 2.52. The van der Waals surface area contributed by atoms with Crippen LogP contribution in [0.1, 0.15) is 38.1 Å². The Balaban J connectivity index is 2.22. The lowest BCUT2D eigenvalue weighted by molar-refractivity contribution is -0.0663. The van der Waals surface area contributed by atoms with E-state index in [9.17, 15) is 4.79 Å². The van der Waals surface area contributed by atoms with Crippen LogP contribution in [0.3, 0.4) is 0 Å². The summed E-state index contributed by atoms with van der Waals surface area (Å²) in [5.74, 6) is -0.0336. The number of hydrogen-bond donors (Lipinski definition) is 2. The highest BCUT2D eigenvalue weighted by Gasteiger charge is 2.60. The molecule has 1 fully saturated rings. The van der Waals surface area contributed by atoms with Gasteiger partial charge in [0.15, 0.2) is 0 Å². The van der Waals surface area contributed by atoms with E-state index in [1.54, 1.807) is 0 Å². The third-order valence-corrected chi connectivity index (χ3v) is 5.97. The molecule has 0 aliphatic heterocycles. The molecular weight excluding hydrogens is 431 g/mol. The van der Waals surface area contributed by atoms with E-state index in [2.05, 4.69) is 71.5 Å². The first-order chi connectivity index (χ1) is 9.08. The van der Waals surface area contributed by atoms with Crippen molar-refractivity contribution >= 4 is 44.4 Å². The van der Waals surface area contributed by atoms with Crippen molar-refractivity contribution in [3.63, 3.8) is 0 Å². The molecule has 0 atom stereocenters. The standard InChI is InChI=1S/C15H20BrIN2O/c1-14(2)12(18)15(3,4)13(14)19-11(20)9-7-8(16)5-6-10(9)17/h5-7,12-13H,18H2,1-4H3,(H,19,20). The van der Waals surface area contributed by atoms with Crippen LogP contribution in [-0.2, 0) is 0 Å². The predicted octanol–water partition coefficient (Wildman–Crippen LogP) is 3.55. The second-order valence-corrected chi connectivity index (χ2v) is 8.73. The van der Waals surface area contributed by atoms with Gasteiger partial charge in [0.1, 0.15) is 0 Å². The Kier molecular flexibility index (Phi) is 4.26. The van der Waals surface area contributed by atoms with Crippen LogP contribution in [-0.4, -0.2) is 18.0 Å². The minimum Gasteiger partial charge on any atom is -0.348 e. The van der Waals surface area contributed by atoms with Gasteiger partial charge in [-0.3, -0.25) is 4.79 Å². The summed E-state index contributed by atoms with van der Waals surface area (Å²) in [6, 6.07) is 5.89. The van der Waals surface area contributed by atoms with E-state index < -0.39 is 0 Å². The minimum atomic E-state index is -0.0867. The Labute approximate surface area is 142 Å². The lowest BCUT2D eigenvalue weighted by atomic mass is 9.48. The highest BCUT2D eigenvalue weighted by Crippen LogP contribution is 2.52. The number of carbonyl (C=O) groups excluding carboxylic acids is 1. The molecule has 1 aromatic rings. The van der Waals surface area contributed by atoms with Gasteiger partial charge in [0.05, 0.1) is 5.56 Å². The van der Waals surface area contributed by atoms with Gasteiger partial charge in [0.25, 0.3) is 5.91 Å². The summed E-state index contributed by atoms with van der Waals surface area (Å²) < 4.78 is 1.86. The summed E-state index contributed by atoms with van der Waals surface area (Å²) >= 11 is 5.60. The Morgan fingerprint density at radius 3 is 2.40 bits per heavy atom. The molecule has 0 bridgehead atoms. The molecule has 1 aliphatic rings. The van der Waals surface area contributed by atoms with Gasteiger partial charge in [-0.15, -0.1) is 0 Å². The first-order valence-corrected chi connectivity index (χ1v) is 8.47. The molecule has 0 unspecified atom stereocenters. The fraction of sp³-hybridized carbons (Fsp3) is 0.533. The van der Waals surface area contributed by atoms with Crippen LogP contribution in [0, 0.1) is 14.4 Å². The number of nitrogens with one attached hydrogen (secondary N) is 1. The topological polar surface area (TPSA) is 55.1 Å². The smallest absolute Gasteiger partial charge is 0.252 e. The summed E-state index contributed by atoms with van der Waals surface area (Å²) in [6.45, 7) is 8.44. The summed E-state index contributed by atoms with van der Waals surface area (Å²) in [5, 5.41) is 3.17. The van der Waals surface area contributed by atoms with Crippen LogP contribution in [0.5, 0.6) is 0 Å². The number of halogens is 2. The molecule has 20 heavy (non-hydrogen) atoms. The zero-order chi connectivity index (χ0) is 15.3. The van der Waals surface area contributed by atoms with Gasteiger partial charge in [-0.25, -0.2) is 0 Å². The fourth-order valence-electron chi connectivity index (χ4n) is 3.43. The quantitative estimate of drug-likeness (QED) is 0.677. The van der Waals surface area contributed by atoms with Crippen molar-refractivity contribution < 1.29 is 4.79 Å². The Morgan fingerprint density at radius 1 is 1.30 bits per heavy atom. The first-order valence-electron chi connectivity index (χ1n) is 6.60. The largest absolute Gasteiger partial charge is 0.348 e. The predicted molar refractivity (Wildman–Crippen MR) is 93.7 cm³/mol. The van der Waals surface area contributed by atoms with Crippen LogP contribution in [0.25, 0.3) is 0 Å². The average molecular weight is 451 g/mol. The molecule has 1 saturated carbocycles. The molecule has 2 rings (SSSR count). The second-order valence-electron chi connectivity index (χ2n) is 6.65. The SMILES string of the molecule is CC1(C)C(N)C(C)(C)C1NC(=O)c1cc(Br)ccc1I. The summed E-state index contributed by atoms with van der Waals surface area (Å²) in [4.78, 5) is 12.5. The molecule has 0 radical (unpaired) electrons. The van der Waals surface area contributed by atoms with Crippen molar-refractivity contribution in [1.82, 2.24) is 5.32 Å². The third-order valence-electron chi connectivity index (χ3n) is 4.54. The maximum absolute atomic E-state index is 12.5. The van der Waals surface area contributed by atoms with Gasteiger partial charge >= 0.3 is 0 Å². The molecule has 0 aromatic heterocycles. The Morgan fingerprint density at radius 2 is 1.85 bits per heavy atom. The van der Waals surface area contributed by atoms with Crippen molar-refractivity contribution in [2.45, 2.75) is 39.8 Å². The molecule has 3 nitrogen and oxygen atoms in total. The fourth-order valence-corrected chi connectivity index (χ4v) is 4.37. The van der Waals surface area contributed by atoms with Gasteiger partial charge in [-0.05, 0) is 40.8 Å². The Bertz CT molecular complexity index is 541. The number of hydrogen-bond acceptors (Lipinski definition) is 2. The van der Waals surface area contributed by atoms with Crippen molar-refractivity contribution in [3.05, 3.63) is 31.8 Å². The monoisotopic (exact) mass is 450 g/mol. The second kappa shape index (κ2) is 5.25. The zero-order valence-corrected chi connectivity index (χ0v) is 15.9. The molecule has 1 amide bonds. The highest BCUT2D eigenvalue weighted by atomic mass is 127. The van der Waals surface area contributed by atoms with E-state index in [0.717, 1.165) is 8.04 Å². The Hall–Kier alpha value is -0.140. The average Bonchev–Trinajstić information content (AvgIpc) is 2.37. The maximum atomic E-state index is 12.5. The number of carbonyl (C=O) groups is 1. The van der Waals surface area contributed by atoms with Crippen LogP contribution < -0.4 is 11.1 Å². The van der Waals surface area contributed by atoms with E-state index >= 15 is 0 Å². The lowest BCUT2D eigenvalue weighted by Gasteiger charge is -2.62. The number of rotatable bonds is 2. The molecule has 0 saturated heterocycles. The van der Waals surface area contributed by atoms with Gasteiger partial charge in [-0.1, -0.05) is 43.6 Å². The molecule has 5 heteroatoms. The minimum absolute atomic E-state index is 0.0336. The van der Waals surface area contributed by atoms with E-state index in [-0.39, 0.29) is 28.8 Å². The maximum Gasteiger partial charge on any atom is 0.252 e. The van der Waals surface area contributed by atoms with E-state index in [0.29, 0.717) is 5.56 Å². The van der Waals surface area contributed by atoms with Crippen LogP contribution in [0.4, 0.5) is 0 Å². The number of amides is 1. The molecular formula is C15H20BrIN2O. The number of nitrogens with two attached hydrogens (primary N) is 1. The molecule has 1 aromatic carbocycles. The van der Waals surface area contributed by atoms with E-state index in [1.165, 1.54) is 0 Å². The van der Waals surface area contributed by atoms with Crippen LogP contribution >= 0.6 is 38.5 Å². The van der Waals surface area contributed by atoms with Crippen LogP contribution in [0.2, 0.25) is 0 Å². The van der Waals surface area contributed by atoms with Crippen molar-refractivity contribution in [2.75, 3.05) is 0 Å². The number of benzene rings is 1. The lowest BCUT2D eigenvalue weighted by Crippen LogP contribution is -2.76.